The van der Waals surface area contributed by atoms with E-state index in [0.29, 0.717) is 5.75 Å². The molecule has 0 radical (unpaired) electrons. The molecule has 0 aliphatic heterocycles. The fourth-order valence-corrected chi connectivity index (χ4v) is 3.44. The lowest BCUT2D eigenvalue weighted by molar-refractivity contribution is -0.139. The van der Waals surface area contributed by atoms with E-state index in [2.05, 4.69) is 12.1 Å². The van der Waals surface area contributed by atoms with Crippen LogP contribution in [-0.4, -0.2) is 30.6 Å². The highest BCUT2D eigenvalue weighted by atomic mass is 16.5. The van der Waals surface area contributed by atoms with Gasteiger partial charge in [-0.3, -0.25) is 4.79 Å². The van der Waals surface area contributed by atoms with Gasteiger partial charge in [0.05, 0.1) is 5.41 Å². The number of hydrogen-bond donors (Lipinski definition) is 1. The Morgan fingerprint density at radius 3 is 2.27 bits per heavy atom. The van der Waals surface area contributed by atoms with Gasteiger partial charge in [-0.25, -0.2) is 4.79 Å². The average Bonchev–Trinajstić information content (AvgIpc) is 2.63. The van der Waals surface area contributed by atoms with Crippen LogP contribution in [0.1, 0.15) is 24.8 Å². The van der Waals surface area contributed by atoms with Crippen molar-refractivity contribution in [2.45, 2.75) is 25.7 Å². The molecule has 0 unspecified atom stereocenters. The number of anilines is 1. The van der Waals surface area contributed by atoms with Crippen molar-refractivity contribution >= 4 is 17.6 Å². The molecule has 1 aliphatic rings. The first-order valence-electron chi connectivity index (χ1n) is 8.77. The van der Waals surface area contributed by atoms with Gasteiger partial charge in [0, 0.05) is 12.7 Å². The highest BCUT2D eigenvalue weighted by Gasteiger charge is 2.45. The third-order valence-corrected chi connectivity index (χ3v) is 5.04. The molecule has 136 valence electrons. The van der Waals surface area contributed by atoms with Crippen LogP contribution in [0.2, 0.25) is 0 Å². The molecule has 0 heterocycles. The maximum Gasteiger partial charge on any atom is 0.341 e. The monoisotopic (exact) mass is 353 g/mol. The number of carboxylic acids is 1. The Morgan fingerprint density at radius 2 is 1.73 bits per heavy atom. The Morgan fingerprint density at radius 1 is 1.08 bits per heavy atom. The fraction of sp³-hybridized carbons (Fsp3) is 0.333. The highest BCUT2D eigenvalue weighted by Crippen LogP contribution is 2.45. The molecule has 0 aromatic heterocycles. The van der Waals surface area contributed by atoms with Gasteiger partial charge in [-0.1, -0.05) is 36.8 Å². The van der Waals surface area contributed by atoms with Gasteiger partial charge in [0.1, 0.15) is 5.75 Å². The Hall–Kier alpha value is -2.82. The van der Waals surface area contributed by atoms with Crippen LogP contribution < -0.4 is 9.64 Å². The third kappa shape index (κ3) is 3.87. The van der Waals surface area contributed by atoms with Gasteiger partial charge in [-0.05, 0) is 49.1 Å². The Kier molecular flexibility index (Phi) is 5.26. The maximum atomic E-state index is 13.2. The lowest BCUT2D eigenvalue weighted by atomic mass is 9.64. The largest absolute Gasteiger partial charge is 0.482 e. The summed E-state index contributed by atoms with van der Waals surface area (Å²) >= 11 is 0. The molecular formula is C21H23NO4. The minimum Gasteiger partial charge on any atom is -0.482 e. The molecule has 1 amide bonds. The van der Waals surface area contributed by atoms with Gasteiger partial charge in [0.2, 0.25) is 5.91 Å². The number of hydrogen-bond acceptors (Lipinski definition) is 3. The van der Waals surface area contributed by atoms with E-state index in [9.17, 15) is 9.59 Å². The van der Waals surface area contributed by atoms with E-state index < -0.39 is 5.97 Å². The van der Waals surface area contributed by atoms with Crippen LogP contribution >= 0.6 is 0 Å². The van der Waals surface area contributed by atoms with Crippen molar-refractivity contribution in [3.63, 3.8) is 0 Å². The second-order valence-electron chi connectivity index (χ2n) is 6.84. The van der Waals surface area contributed by atoms with E-state index in [1.807, 2.05) is 18.2 Å². The van der Waals surface area contributed by atoms with Gasteiger partial charge < -0.3 is 14.7 Å². The molecule has 0 spiro atoms. The third-order valence-electron chi connectivity index (χ3n) is 5.04. The number of carbonyl (C=O) groups excluding carboxylic acids is 1. The Bertz CT molecular complexity index is 766. The van der Waals surface area contributed by atoms with Crippen molar-refractivity contribution in [2.75, 3.05) is 18.6 Å². The number of rotatable bonds is 7. The van der Waals surface area contributed by atoms with Crippen LogP contribution in [0.5, 0.6) is 5.75 Å². The number of ether oxygens (including phenoxy) is 1. The molecule has 26 heavy (non-hydrogen) atoms. The first-order valence-corrected chi connectivity index (χ1v) is 8.77. The molecule has 3 rings (SSSR count). The number of nitrogens with zero attached hydrogens (tertiary/aromatic N) is 1. The average molecular weight is 353 g/mol. The van der Waals surface area contributed by atoms with E-state index in [0.717, 1.165) is 31.4 Å². The summed E-state index contributed by atoms with van der Waals surface area (Å²) in [6, 6.07) is 17.1. The predicted molar refractivity (Wildman–Crippen MR) is 99.4 cm³/mol. The molecule has 1 saturated carbocycles. The standard InChI is InChI=1S/C21H23NO4/c1-22(17-8-10-18(11-9-17)26-15-19(23)24)20(25)21(12-5-13-21)14-16-6-3-2-4-7-16/h2-4,6-11H,5,12-15H2,1H3,(H,23,24). The fourth-order valence-electron chi connectivity index (χ4n) is 3.44. The van der Waals surface area contributed by atoms with Gasteiger partial charge in [-0.2, -0.15) is 0 Å². The molecule has 1 fully saturated rings. The van der Waals surface area contributed by atoms with Crippen molar-refractivity contribution in [2.24, 2.45) is 5.41 Å². The molecule has 2 aromatic rings. The topological polar surface area (TPSA) is 66.8 Å². The van der Waals surface area contributed by atoms with Crippen LogP contribution in [0.4, 0.5) is 5.69 Å². The quantitative estimate of drug-likeness (QED) is 0.827. The number of carboxylic acid groups (broad SMARTS) is 1. The number of amides is 1. The van der Waals surface area contributed by atoms with E-state index in [-0.39, 0.29) is 17.9 Å². The lowest BCUT2D eigenvalue weighted by Gasteiger charge is -2.43. The van der Waals surface area contributed by atoms with Crippen LogP contribution in [-0.2, 0) is 16.0 Å². The van der Waals surface area contributed by atoms with Crippen LogP contribution in [0.3, 0.4) is 0 Å². The van der Waals surface area contributed by atoms with E-state index in [1.165, 1.54) is 5.56 Å². The van der Waals surface area contributed by atoms with Crippen LogP contribution in [0.15, 0.2) is 54.6 Å². The van der Waals surface area contributed by atoms with Gasteiger partial charge >= 0.3 is 5.97 Å². The zero-order valence-electron chi connectivity index (χ0n) is 14.9. The molecule has 0 atom stereocenters. The second-order valence-corrected chi connectivity index (χ2v) is 6.84. The molecular weight excluding hydrogens is 330 g/mol. The zero-order valence-corrected chi connectivity index (χ0v) is 14.9. The molecule has 5 nitrogen and oxygen atoms in total. The number of benzene rings is 2. The normalized spacial score (nSPS) is 15.0. The van der Waals surface area contributed by atoms with Crippen LogP contribution in [0, 0.1) is 5.41 Å². The van der Waals surface area contributed by atoms with Crippen molar-refractivity contribution in [1.82, 2.24) is 0 Å². The Balaban J connectivity index is 1.70. The molecule has 2 aromatic carbocycles. The Labute approximate surface area is 153 Å². The molecule has 0 saturated heterocycles. The highest BCUT2D eigenvalue weighted by molar-refractivity contribution is 5.98. The molecule has 5 heteroatoms. The van der Waals surface area contributed by atoms with Crippen LogP contribution in [0.25, 0.3) is 0 Å². The first-order chi connectivity index (χ1) is 12.5. The van der Waals surface area contributed by atoms with Crippen molar-refractivity contribution in [3.05, 3.63) is 60.2 Å². The van der Waals surface area contributed by atoms with Crippen molar-refractivity contribution in [3.8, 4) is 5.75 Å². The summed E-state index contributed by atoms with van der Waals surface area (Å²) in [6.07, 6.45) is 3.65. The molecule has 0 bridgehead atoms. The summed E-state index contributed by atoms with van der Waals surface area (Å²) in [5.41, 5.74) is 1.64. The summed E-state index contributed by atoms with van der Waals surface area (Å²) in [4.78, 5) is 25.4. The summed E-state index contributed by atoms with van der Waals surface area (Å²) < 4.78 is 5.14. The minimum absolute atomic E-state index is 0.131. The van der Waals surface area contributed by atoms with Gasteiger partial charge in [0.15, 0.2) is 6.61 Å². The van der Waals surface area contributed by atoms with E-state index in [1.54, 1.807) is 36.2 Å². The predicted octanol–water partition coefficient (Wildman–Crippen LogP) is 3.53. The summed E-state index contributed by atoms with van der Waals surface area (Å²) in [5.74, 6) is -0.416. The maximum absolute atomic E-state index is 13.2. The van der Waals surface area contributed by atoms with Gasteiger partial charge in [0.25, 0.3) is 0 Å². The lowest BCUT2D eigenvalue weighted by Crippen LogP contribution is -2.48. The van der Waals surface area contributed by atoms with Crippen molar-refractivity contribution in [1.29, 1.82) is 0 Å². The second kappa shape index (κ2) is 7.60. The van der Waals surface area contributed by atoms with E-state index >= 15 is 0 Å². The molecule has 1 N–H and O–H groups in total. The van der Waals surface area contributed by atoms with Gasteiger partial charge in [-0.15, -0.1) is 0 Å². The van der Waals surface area contributed by atoms with Crippen molar-refractivity contribution < 1.29 is 19.4 Å². The number of aliphatic carboxylic acids is 1. The molecule has 1 aliphatic carbocycles. The number of carbonyl (C=O) groups is 2. The minimum atomic E-state index is -1.02. The zero-order chi connectivity index (χ0) is 18.6. The summed E-state index contributed by atoms with van der Waals surface area (Å²) in [5, 5.41) is 8.66. The first kappa shape index (κ1) is 18.0. The summed E-state index contributed by atoms with van der Waals surface area (Å²) in [6.45, 7) is -0.381. The van der Waals surface area contributed by atoms with E-state index in [4.69, 9.17) is 9.84 Å². The summed E-state index contributed by atoms with van der Waals surface area (Å²) in [7, 11) is 1.79. The SMILES string of the molecule is CN(C(=O)C1(Cc2ccccc2)CCC1)c1ccc(OCC(=O)O)cc1. The smallest absolute Gasteiger partial charge is 0.341 e.